The van der Waals surface area contributed by atoms with E-state index in [0.29, 0.717) is 17.8 Å². The first kappa shape index (κ1) is 33.1. The van der Waals surface area contributed by atoms with Crippen LogP contribution in [0.2, 0.25) is 0 Å². The molecule has 0 aromatic rings. The van der Waals surface area contributed by atoms with Crippen LogP contribution in [0.3, 0.4) is 0 Å². The van der Waals surface area contributed by atoms with E-state index in [1.54, 1.807) is 0 Å². The average molecular weight is 367 g/mol. The van der Waals surface area contributed by atoms with Crippen molar-refractivity contribution in [3.8, 4) is 0 Å². The fourth-order valence-electron chi connectivity index (χ4n) is 2.22. The Hall–Kier alpha value is 0.532. The predicted molar refractivity (Wildman–Crippen MR) is 122 cm³/mol. The summed E-state index contributed by atoms with van der Waals surface area (Å²) >= 11 is 0. The van der Waals surface area contributed by atoms with E-state index in [-0.39, 0.29) is 17.4 Å². The molecule has 0 rings (SSSR count). The van der Waals surface area contributed by atoms with E-state index < -0.39 is 0 Å². The molecule has 6 unspecified atom stereocenters. The van der Waals surface area contributed by atoms with E-state index in [1.807, 2.05) is 0 Å². The molecule has 0 saturated carbocycles. The molecule has 0 aliphatic carbocycles. The van der Waals surface area contributed by atoms with Gasteiger partial charge in [-0.2, -0.15) is 17.8 Å². The zero-order valence-corrected chi connectivity index (χ0v) is 20.6. The van der Waals surface area contributed by atoms with Gasteiger partial charge in [-0.15, -0.1) is 0 Å². The third kappa shape index (κ3) is 26.9. The van der Waals surface area contributed by atoms with Crippen LogP contribution in [0.1, 0.15) is 101 Å². The molecule has 150 valence electrons. The van der Waals surface area contributed by atoms with Crippen LogP contribution in [-0.2, 0) is 0 Å². The standard InChI is InChI=1S/3C8H17.Al/c3*1-5-6-8(4)7(2)3;/h3*7-8H,2,5-6H2,1,3-4H3;/q3*-1;+3. The Morgan fingerprint density at radius 3 is 0.680 bits per heavy atom. The zero-order valence-electron chi connectivity index (χ0n) is 19.4. The van der Waals surface area contributed by atoms with Crippen LogP contribution in [0, 0.1) is 56.3 Å². The van der Waals surface area contributed by atoms with E-state index in [0.717, 1.165) is 17.8 Å². The van der Waals surface area contributed by atoms with Gasteiger partial charge >= 0.3 is 17.4 Å². The average Bonchev–Trinajstić information content (AvgIpc) is 2.49. The Morgan fingerprint density at radius 1 is 0.480 bits per heavy atom. The molecule has 25 heavy (non-hydrogen) atoms. The Bertz CT molecular complexity index is 182. The van der Waals surface area contributed by atoms with Gasteiger partial charge in [0.2, 0.25) is 0 Å². The summed E-state index contributed by atoms with van der Waals surface area (Å²) in [7, 11) is 0. The monoisotopic (exact) mass is 366 g/mol. The van der Waals surface area contributed by atoms with Gasteiger partial charge in [0.1, 0.15) is 0 Å². The van der Waals surface area contributed by atoms with Crippen molar-refractivity contribution in [1.82, 2.24) is 0 Å². The van der Waals surface area contributed by atoms with E-state index in [1.165, 1.54) is 38.5 Å². The Labute approximate surface area is 174 Å². The van der Waals surface area contributed by atoms with Gasteiger partial charge in [0, 0.05) is 0 Å². The Morgan fingerprint density at radius 2 is 0.640 bits per heavy atom. The normalized spacial score (nSPS) is 17.3. The van der Waals surface area contributed by atoms with Gasteiger partial charge in [0.05, 0.1) is 0 Å². The summed E-state index contributed by atoms with van der Waals surface area (Å²) in [5.41, 5.74) is 0. The molecule has 0 N–H and O–H groups in total. The van der Waals surface area contributed by atoms with Crippen molar-refractivity contribution in [3.63, 3.8) is 0 Å². The van der Waals surface area contributed by atoms with E-state index in [9.17, 15) is 0 Å². The van der Waals surface area contributed by atoms with Crippen molar-refractivity contribution >= 4 is 17.4 Å². The van der Waals surface area contributed by atoms with Crippen molar-refractivity contribution in [2.24, 2.45) is 35.5 Å². The molecule has 0 spiro atoms. The fourth-order valence-corrected chi connectivity index (χ4v) is 2.22. The minimum absolute atomic E-state index is 0. The molecule has 0 fully saturated rings. The van der Waals surface area contributed by atoms with Crippen molar-refractivity contribution in [2.45, 2.75) is 101 Å². The molecular weight excluding hydrogens is 315 g/mol. The quantitative estimate of drug-likeness (QED) is 0.284. The Balaban J connectivity index is -0.000000130. The maximum absolute atomic E-state index is 3.96. The number of rotatable bonds is 9. The molecule has 0 aliphatic rings. The SMILES string of the molecule is [Al+3].[CH2-]C(C)C(C)CCC.[CH2-]C(C)C(C)CCC.[CH2-]C(C)C(C)CCC. The zero-order chi connectivity index (χ0) is 19.7. The van der Waals surface area contributed by atoms with E-state index in [4.69, 9.17) is 0 Å². The van der Waals surface area contributed by atoms with Gasteiger partial charge in [0.25, 0.3) is 0 Å². The molecule has 0 amide bonds. The van der Waals surface area contributed by atoms with Gasteiger partial charge in [-0.1, -0.05) is 119 Å². The van der Waals surface area contributed by atoms with Crippen molar-refractivity contribution < 1.29 is 0 Å². The second kappa shape index (κ2) is 22.6. The summed E-state index contributed by atoms with van der Waals surface area (Å²) in [5.74, 6) is 4.28. The van der Waals surface area contributed by atoms with Crippen LogP contribution < -0.4 is 0 Å². The van der Waals surface area contributed by atoms with Crippen LogP contribution >= 0.6 is 0 Å². The summed E-state index contributed by atoms with van der Waals surface area (Å²) in [6.45, 7) is 31.9. The molecule has 0 heterocycles. The third-order valence-corrected chi connectivity index (χ3v) is 5.15. The van der Waals surface area contributed by atoms with Crippen molar-refractivity contribution in [1.29, 1.82) is 0 Å². The smallest absolute Gasteiger partial charge is 0.340 e. The fraction of sp³-hybridized carbons (Fsp3) is 0.875. The molecular formula is C24H51Al. The van der Waals surface area contributed by atoms with Crippen molar-refractivity contribution in [3.05, 3.63) is 20.8 Å². The van der Waals surface area contributed by atoms with Crippen LogP contribution in [0.4, 0.5) is 0 Å². The van der Waals surface area contributed by atoms with Crippen LogP contribution in [-0.4, -0.2) is 17.4 Å². The summed E-state index contributed by atoms with van der Waals surface area (Å²) < 4.78 is 0. The first-order valence-electron chi connectivity index (χ1n) is 10.5. The molecule has 0 bridgehead atoms. The van der Waals surface area contributed by atoms with Gasteiger partial charge < -0.3 is 20.8 Å². The summed E-state index contributed by atoms with van der Waals surface area (Å²) in [6.07, 6.45) is 7.85. The molecule has 6 atom stereocenters. The van der Waals surface area contributed by atoms with Gasteiger partial charge in [0.15, 0.2) is 0 Å². The van der Waals surface area contributed by atoms with Gasteiger partial charge in [-0.05, 0) is 0 Å². The number of hydrogen-bond acceptors (Lipinski definition) is 0. The summed E-state index contributed by atoms with van der Waals surface area (Å²) in [4.78, 5) is 0. The molecule has 0 saturated heterocycles. The first-order chi connectivity index (χ1) is 11.0. The molecule has 0 radical (unpaired) electrons. The van der Waals surface area contributed by atoms with E-state index in [2.05, 4.69) is 83.1 Å². The third-order valence-electron chi connectivity index (χ3n) is 5.15. The maximum atomic E-state index is 3.96. The maximum Gasteiger partial charge on any atom is 3.00 e. The Kier molecular flexibility index (Phi) is 29.9. The van der Waals surface area contributed by atoms with Gasteiger partial charge in [-0.3, -0.25) is 0 Å². The molecule has 0 aromatic carbocycles. The molecule has 0 aromatic heterocycles. The number of hydrogen-bond donors (Lipinski definition) is 0. The minimum atomic E-state index is 0. The van der Waals surface area contributed by atoms with E-state index >= 15 is 0 Å². The topological polar surface area (TPSA) is 0 Å². The molecule has 1 heteroatoms. The summed E-state index contributed by atoms with van der Waals surface area (Å²) in [5, 5.41) is 0. The largest absolute Gasteiger partial charge is 3.00 e. The van der Waals surface area contributed by atoms with Crippen molar-refractivity contribution in [2.75, 3.05) is 0 Å². The van der Waals surface area contributed by atoms with Crippen LogP contribution in [0.15, 0.2) is 0 Å². The second-order valence-electron chi connectivity index (χ2n) is 8.23. The van der Waals surface area contributed by atoms with Gasteiger partial charge in [-0.25, -0.2) is 0 Å². The molecule has 0 aliphatic heterocycles. The minimum Gasteiger partial charge on any atom is -0.340 e. The summed E-state index contributed by atoms with van der Waals surface area (Å²) in [6, 6.07) is 0. The molecule has 0 nitrogen and oxygen atoms in total. The predicted octanol–water partition coefficient (Wildman–Crippen LogP) is 8.30. The second-order valence-corrected chi connectivity index (χ2v) is 8.23. The van der Waals surface area contributed by atoms with Crippen LogP contribution in [0.5, 0.6) is 0 Å². The van der Waals surface area contributed by atoms with Crippen LogP contribution in [0.25, 0.3) is 0 Å². The first-order valence-corrected chi connectivity index (χ1v) is 10.5.